The minimum Gasteiger partial charge on any atom is -0.496 e. The van der Waals surface area contributed by atoms with Gasteiger partial charge in [-0.2, -0.15) is 0 Å². The van der Waals surface area contributed by atoms with Crippen molar-refractivity contribution in [3.63, 3.8) is 0 Å². The van der Waals surface area contributed by atoms with E-state index in [4.69, 9.17) is 26.1 Å². The van der Waals surface area contributed by atoms with E-state index in [1.807, 2.05) is 29.2 Å². The molecule has 0 aliphatic carbocycles. The summed E-state index contributed by atoms with van der Waals surface area (Å²) in [6, 6.07) is 13.2. The van der Waals surface area contributed by atoms with E-state index < -0.39 is 5.54 Å². The van der Waals surface area contributed by atoms with Gasteiger partial charge in [0, 0.05) is 18.7 Å². The number of rotatable bonds is 5. The van der Waals surface area contributed by atoms with E-state index in [1.165, 1.54) is 0 Å². The molecule has 1 saturated heterocycles. The number of likely N-dealkylation sites (tertiary alicyclic amines) is 1. The first-order chi connectivity index (χ1) is 15.1. The van der Waals surface area contributed by atoms with Crippen LogP contribution in [0.2, 0.25) is 5.02 Å². The van der Waals surface area contributed by atoms with Crippen molar-refractivity contribution < 1.29 is 14.3 Å². The van der Waals surface area contributed by atoms with Crippen molar-refractivity contribution >= 4 is 34.7 Å². The average Bonchev–Trinajstić information content (AvgIpc) is 2.79. The van der Waals surface area contributed by atoms with Crippen LogP contribution in [0.5, 0.6) is 5.75 Å². The summed E-state index contributed by atoms with van der Waals surface area (Å²) in [5.41, 5.74) is 1.95. The Labute approximate surface area is 187 Å². The lowest BCUT2D eigenvalue weighted by Crippen LogP contribution is -2.62. The molecule has 0 saturated carbocycles. The Morgan fingerprint density at radius 2 is 2.03 bits per heavy atom. The fourth-order valence-electron chi connectivity index (χ4n) is 4.25. The van der Waals surface area contributed by atoms with E-state index in [2.05, 4.69) is 10.6 Å². The zero-order valence-corrected chi connectivity index (χ0v) is 18.5. The third-order valence-corrected chi connectivity index (χ3v) is 5.98. The standard InChI is InChI=1S/C23H27ClN4O3/c1-30-13-11-25-22-23(27-19-7-4-3-6-18(19)26-22)10-5-12-28(15-23)21(29)17-14-16(24)8-9-20(17)31-2/h3-4,6-9,14,27H,5,10-13,15H2,1-2H3,(H,25,26)/t23-/m1/s1. The van der Waals surface area contributed by atoms with Gasteiger partial charge in [-0.1, -0.05) is 23.7 Å². The predicted octanol–water partition coefficient (Wildman–Crippen LogP) is 3.91. The molecule has 7 nitrogen and oxygen atoms in total. The number of amides is 1. The second-order valence-electron chi connectivity index (χ2n) is 7.78. The number of nitrogens with one attached hydrogen (secondary N) is 2. The molecule has 164 valence electrons. The van der Waals surface area contributed by atoms with Gasteiger partial charge < -0.3 is 25.0 Å². The molecule has 1 spiro atoms. The van der Waals surface area contributed by atoms with Crippen LogP contribution in [0.25, 0.3) is 0 Å². The molecular weight excluding hydrogens is 416 g/mol. The third kappa shape index (κ3) is 4.34. The van der Waals surface area contributed by atoms with E-state index in [-0.39, 0.29) is 5.91 Å². The average molecular weight is 443 g/mol. The zero-order valence-electron chi connectivity index (χ0n) is 17.8. The quantitative estimate of drug-likeness (QED) is 0.687. The van der Waals surface area contributed by atoms with Crippen LogP contribution in [-0.4, -0.2) is 62.6 Å². The van der Waals surface area contributed by atoms with Gasteiger partial charge in [0.25, 0.3) is 5.91 Å². The normalized spacial score (nSPS) is 21.4. The van der Waals surface area contributed by atoms with Gasteiger partial charge in [0.15, 0.2) is 0 Å². The number of piperidine rings is 1. The minimum atomic E-state index is -0.498. The summed E-state index contributed by atoms with van der Waals surface area (Å²) in [6.07, 6.45) is 1.70. The topological polar surface area (TPSA) is 75.2 Å². The molecule has 1 amide bonds. The van der Waals surface area contributed by atoms with Crippen LogP contribution in [0, 0.1) is 0 Å². The molecule has 0 bridgehead atoms. The summed E-state index contributed by atoms with van der Waals surface area (Å²) in [5, 5.41) is 7.68. The van der Waals surface area contributed by atoms with Gasteiger partial charge in [0.2, 0.25) is 0 Å². The maximum absolute atomic E-state index is 13.4. The number of carbonyl (C=O) groups is 1. The van der Waals surface area contributed by atoms with Crippen molar-refractivity contribution in [2.24, 2.45) is 4.99 Å². The molecule has 2 aromatic rings. The number of hydrogen-bond donors (Lipinski definition) is 2. The molecule has 2 aromatic carbocycles. The number of amidine groups is 1. The molecule has 2 aliphatic rings. The maximum Gasteiger partial charge on any atom is 0.257 e. The molecule has 0 unspecified atom stereocenters. The summed E-state index contributed by atoms with van der Waals surface area (Å²) in [4.78, 5) is 20.1. The van der Waals surface area contributed by atoms with E-state index >= 15 is 0 Å². The Kier molecular flexibility index (Phi) is 6.34. The van der Waals surface area contributed by atoms with E-state index in [1.54, 1.807) is 32.4 Å². The Bertz CT molecular complexity index is 997. The molecule has 4 rings (SSSR count). The molecular formula is C23H27ClN4O3. The van der Waals surface area contributed by atoms with Crippen molar-refractivity contribution in [3.8, 4) is 5.75 Å². The largest absolute Gasteiger partial charge is 0.496 e. The zero-order chi connectivity index (χ0) is 21.8. The highest BCUT2D eigenvalue weighted by Crippen LogP contribution is 2.37. The number of halogens is 1. The Morgan fingerprint density at radius 3 is 2.81 bits per heavy atom. The third-order valence-electron chi connectivity index (χ3n) is 5.74. The maximum atomic E-state index is 13.4. The first kappa shape index (κ1) is 21.5. The van der Waals surface area contributed by atoms with Crippen LogP contribution < -0.4 is 15.4 Å². The first-order valence-electron chi connectivity index (χ1n) is 10.4. The Morgan fingerprint density at radius 1 is 1.23 bits per heavy atom. The number of hydrogen-bond acceptors (Lipinski definition) is 5. The van der Waals surface area contributed by atoms with Crippen molar-refractivity contribution in [1.29, 1.82) is 0 Å². The summed E-state index contributed by atoms with van der Waals surface area (Å²) in [5.74, 6) is 1.25. The van der Waals surface area contributed by atoms with E-state index in [0.29, 0.717) is 42.6 Å². The first-order valence-corrected chi connectivity index (χ1v) is 10.7. The van der Waals surface area contributed by atoms with Crippen LogP contribution in [0.1, 0.15) is 23.2 Å². The minimum absolute atomic E-state index is 0.102. The smallest absolute Gasteiger partial charge is 0.257 e. The number of benzene rings is 2. The molecule has 0 aromatic heterocycles. The molecule has 2 aliphatic heterocycles. The van der Waals surface area contributed by atoms with E-state index in [0.717, 1.165) is 30.1 Å². The second-order valence-corrected chi connectivity index (χ2v) is 8.21. The van der Waals surface area contributed by atoms with Crippen LogP contribution in [0.4, 0.5) is 11.4 Å². The fraction of sp³-hybridized carbons (Fsp3) is 0.391. The van der Waals surface area contributed by atoms with Gasteiger partial charge in [0.05, 0.1) is 43.7 Å². The van der Waals surface area contributed by atoms with E-state index in [9.17, 15) is 4.79 Å². The van der Waals surface area contributed by atoms with Crippen LogP contribution in [-0.2, 0) is 4.74 Å². The fourth-order valence-corrected chi connectivity index (χ4v) is 4.42. The molecule has 8 heteroatoms. The lowest BCUT2D eigenvalue weighted by Gasteiger charge is -2.47. The second kappa shape index (κ2) is 9.16. The number of anilines is 2. The van der Waals surface area contributed by atoms with Crippen LogP contribution >= 0.6 is 11.6 Å². The highest BCUT2D eigenvalue weighted by molar-refractivity contribution is 6.31. The number of nitrogens with zero attached hydrogens (tertiary/aromatic N) is 2. The van der Waals surface area contributed by atoms with Gasteiger partial charge in [-0.3, -0.25) is 9.79 Å². The van der Waals surface area contributed by atoms with Crippen LogP contribution in [0.3, 0.4) is 0 Å². The number of para-hydroxylation sites is 2. The highest BCUT2D eigenvalue weighted by Gasteiger charge is 2.44. The van der Waals surface area contributed by atoms with Gasteiger partial charge >= 0.3 is 0 Å². The number of ether oxygens (including phenoxy) is 2. The molecule has 2 heterocycles. The predicted molar refractivity (Wildman–Crippen MR) is 124 cm³/mol. The molecule has 2 N–H and O–H groups in total. The summed E-state index contributed by atoms with van der Waals surface area (Å²) < 4.78 is 10.6. The van der Waals surface area contributed by atoms with Gasteiger partial charge in [-0.15, -0.1) is 0 Å². The summed E-state index contributed by atoms with van der Waals surface area (Å²) >= 11 is 6.17. The number of carbonyl (C=O) groups excluding carboxylic acids is 1. The number of fused-ring (bicyclic) bond motifs is 1. The van der Waals surface area contributed by atoms with Crippen molar-refractivity contribution in [3.05, 3.63) is 53.1 Å². The van der Waals surface area contributed by atoms with Gasteiger partial charge in [0.1, 0.15) is 17.1 Å². The number of aliphatic imine (C=N–C) groups is 1. The number of methoxy groups -OCH3 is 2. The van der Waals surface area contributed by atoms with Crippen molar-refractivity contribution in [2.75, 3.05) is 51.1 Å². The Hall–Kier alpha value is -2.77. The molecule has 0 radical (unpaired) electrons. The summed E-state index contributed by atoms with van der Waals surface area (Å²) in [7, 11) is 3.22. The van der Waals surface area contributed by atoms with Crippen LogP contribution in [0.15, 0.2) is 47.5 Å². The lowest BCUT2D eigenvalue weighted by atomic mass is 9.84. The lowest BCUT2D eigenvalue weighted by molar-refractivity contribution is 0.0691. The van der Waals surface area contributed by atoms with Gasteiger partial charge in [-0.25, -0.2) is 0 Å². The highest BCUT2D eigenvalue weighted by atomic mass is 35.5. The monoisotopic (exact) mass is 442 g/mol. The van der Waals surface area contributed by atoms with Crippen molar-refractivity contribution in [2.45, 2.75) is 18.4 Å². The molecule has 1 atom stereocenters. The Balaban J connectivity index is 1.66. The summed E-state index contributed by atoms with van der Waals surface area (Å²) in [6.45, 7) is 2.21. The molecule has 1 fully saturated rings. The van der Waals surface area contributed by atoms with Gasteiger partial charge in [-0.05, 0) is 43.2 Å². The molecule has 31 heavy (non-hydrogen) atoms. The van der Waals surface area contributed by atoms with Crippen molar-refractivity contribution in [1.82, 2.24) is 4.90 Å². The SMILES string of the molecule is COCCN=C1Nc2ccccc2N[C@@]12CCCN(C(=O)c1cc(Cl)ccc1OC)C2.